The van der Waals surface area contributed by atoms with Crippen molar-refractivity contribution in [3.63, 3.8) is 0 Å². The number of carbonyl (C=O) groups is 1. The third kappa shape index (κ3) is 3.48. The second-order valence-electron chi connectivity index (χ2n) is 5.44. The Morgan fingerprint density at radius 2 is 2.35 bits per heavy atom. The highest BCUT2D eigenvalue weighted by atomic mass is 16.3. The van der Waals surface area contributed by atoms with Crippen molar-refractivity contribution in [1.82, 2.24) is 10.3 Å². The summed E-state index contributed by atoms with van der Waals surface area (Å²) in [4.78, 5) is 18.2. The number of nitrogens with one attached hydrogen (secondary N) is 1. The van der Waals surface area contributed by atoms with Gasteiger partial charge in [-0.05, 0) is 30.9 Å². The van der Waals surface area contributed by atoms with Crippen molar-refractivity contribution in [1.29, 1.82) is 0 Å². The first-order chi connectivity index (χ1) is 9.61. The van der Waals surface area contributed by atoms with E-state index in [2.05, 4.69) is 22.1 Å². The van der Waals surface area contributed by atoms with Crippen molar-refractivity contribution in [3.8, 4) is 0 Å². The predicted molar refractivity (Wildman–Crippen MR) is 78.9 cm³/mol. The molecule has 0 radical (unpaired) electrons. The molecule has 0 aliphatic carbocycles. The van der Waals surface area contributed by atoms with Crippen LogP contribution >= 0.6 is 0 Å². The van der Waals surface area contributed by atoms with E-state index < -0.39 is 0 Å². The van der Waals surface area contributed by atoms with Gasteiger partial charge in [0.05, 0.1) is 11.7 Å². The number of hydrogen-bond acceptors (Lipinski definition) is 4. The molecule has 5 nitrogen and oxygen atoms in total. The van der Waals surface area contributed by atoms with Gasteiger partial charge in [0.25, 0.3) is 5.91 Å². The minimum Gasteiger partial charge on any atom is -0.391 e. The fraction of sp³-hybridized carbons (Fsp3) is 0.600. The maximum absolute atomic E-state index is 11.8. The number of hydrogen-bond donors (Lipinski definition) is 2. The quantitative estimate of drug-likeness (QED) is 0.874. The molecule has 5 heteroatoms. The molecule has 1 aromatic rings. The zero-order chi connectivity index (χ0) is 14.5. The summed E-state index contributed by atoms with van der Waals surface area (Å²) in [5.41, 5.74) is 0.577. The molecule has 0 spiro atoms. The Morgan fingerprint density at radius 3 is 2.95 bits per heavy atom. The SMILES string of the molecule is CCCNC(=O)c1ccc(N2CCC(C)C(O)C2)nc1. The number of rotatable bonds is 4. The lowest BCUT2D eigenvalue weighted by Crippen LogP contribution is -2.43. The van der Waals surface area contributed by atoms with Crippen molar-refractivity contribution in [2.45, 2.75) is 32.8 Å². The monoisotopic (exact) mass is 277 g/mol. The lowest BCUT2D eigenvalue weighted by Gasteiger charge is -2.35. The Morgan fingerprint density at radius 1 is 1.55 bits per heavy atom. The van der Waals surface area contributed by atoms with E-state index in [0.717, 1.165) is 25.2 Å². The minimum absolute atomic E-state index is 0.0850. The maximum Gasteiger partial charge on any atom is 0.252 e. The van der Waals surface area contributed by atoms with E-state index in [1.807, 2.05) is 13.0 Å². The topological polar surface area (TPSA) is 65.5 Å². The molecule has 1 aliphatic rings. The van der Waals surface area contributed by atoms with E-state index in [1.165, 1.54) is 0 Å². The molecule has 2 atom stereocenters. The average molecular weight is 277 g/mol. The van der Waals surface area contributed by atoms with E-state index in [-0.39, 0.29) is 12.0 Å². The van der Waals surface area contributed by atoms with Gasteiger partial charge in [-0.1, -0.05) is 13.8 Å². The zero-order valence-corrected chi connectivity index (χ0v) is 12.2. The number of pyridine rings is 1. The van der Waals surface area contributed by atoms with Crippen LogP contribution in [0.5, 0.6) is 0 Å². The lowest BCUT2D eigenvalue weighted by atomic mass is 9.96. The highest BCUT2D eigenvalue weighted by Crippen LogP contribution is 2.21. The fourth-order valence-corrected chi connectivity index (χ4v) is 2.30. The Hall–Kier alpha value is -1.62. The summed E-state index contributed by atoms with van der Waals surface area (Å²) >= 11 is 0. The van der Waals surface area contributed by atoms with Gasteiger partial charge in [-0.3, -0.25) is 4.79 Å². The molecular weight excluding hydrogens is 254 g/mol. The van der Waals surface area contributed by atoms with E-state index in [1.54, 1.807) is 12.3 Å². The van der Waals surface area contributed by atoms with Gasteiger partial charge in [0.15, 0.2) is 0 Å². The molecule has 0 aromatic carbocycles. The van der Waals surface area contributed by atoms with Crippen molar-refractivity contribution in [3.05, 3.63) is 23.9 Å². The van der Waals surface area contributed by atoms with Gasteiger partial charge in [0.2, 0.25) is 0 Å². The maximum atomic E-state index is 11.8. The van der Waals surface area contributed by atoms with Crippen LogP contribution in [0.4, 0.5) is 5.82 Å². The normalized spacial score (nSPS) is 22.6. The number of carbonyl (C=O) groups excluding carboxylic acids is 1. The highest BCUT2D eigenvalue weighted by molar-refractivity contribution is 5.94. The third-order valence-electron chi connectivity index (χ3n) is 3.79. The summed E-state index contributed by atoms with van der Waals surface area (Å²) in [7, 11) is 0. The highest BCUT2D eigenvalue weighted by Gasteiger charge is 2.24. The molecule has 1 fully saturated rings. The van der Waals surface area contributed by atoms with Crippen LogP contribution in [0.25, 0.3) is 0 Å². The summed E-state index contributed by atoms with van der Waals surface area (Å²) in [5, 5.41) is 12.7. The van der Waals surface area contributed by atoms with Gasteiger partial charge in [0, 0.05) is 25.8 Å². The first-order valence-electron chi connectivity index (χ1n) is 7.29. The molecule has 2 unspecified atom stereocenters. The number of amides is 1. The molecule has 1 amide bonds. The third-order valence-corrected chi connectivity index (χ3v) is 3.79. The summed E-state index contributed by atoms with van der Waals surface area (Å²) < 4.78 is 0. The summed E-state index contributed by atoms with van der Waals surface area (Å²) in [6.07, 6.45) is 3.17. The number of β-amino-alcohol motifs (C(OH)–C–C–N with tert-alkyl or cyclic N) is 1. The molecule has 20 heavy (non-hydrogen) atoms. The molecule has 0 saturated carbocycles. The van der Waals surface area contributed by atoms with Crippen molar-refractivity contribution < 1.29 is 9.90 Å². The smallest absolute Gasteiger partial charge is 0.252 e. The van der Waals surface area contributed by atoms with Crippen LogP contribution in [0, 0.1) is 5.92 Å². The average Bonchev–Trinajstić information content (AvgIpc) is 2.48. The van der Waals surface area contributed by atoms with E-state index >= 15 is 0 Å². The second kappa shape index (κ2) is 6.70. The van der Waals surface area contributed by atoms with Crippen LogP contribution < -0.4 is 10.2 Å². The molecule has 110 valence electrons. The molecule has 1 aromatic heterocycles. The van der Waals surface area contributed by atoms with Gasteiger partial charge < -0.3 is 15.3 Å². The van der Waals surface area contributed by atoms with Gasteiger partial charge >= 0.3 is 0 Å². The van der Waals surface area contributed by atoms with Crippen LogP contribution in [0.2, 0.25) is 0 Å². The molecule has 0 bridgehead atoms. The Bertz CT molecular complexity index is 447. The molecular formula is C15H23N3O2. The van der Waals surface area contributed by atoms with Gasteiger partial charge in [-0.15, -0.1) is 0 Å². The number of piperidine rings is 1. The Kier molecular flexibility index (Phi) is 4.95. The van der Waals surface area contributed by atoms with Gasteiger partial charge in [-0.25, -0.2) is 4.98 Å². The number of aliphatic hydroxyl groups is 1. The van der Waals surface area contributed by atoms with Gasteiger partial charge in [-0.2, -0.15) is 0 Å². The predicted octanol–water partition coefficient (Wildman–Crippen LogP) is 1.43. The van der Waals surface area contributed by atoms with Crippen LogP contribution in [-0.4, -0.2) is 41.7 Å². The number of aliphatic hydroxyl groups excluding tert-OH is 1. The first-order valence-corrected chi connectivity index (χ1v) is 7.29. The van der Waals surface area contributed by atoms with Crippen LogP contribution in [-0.2, 0) is 0 Å². The Balaban J connectivity index is 1.99. The Labute approximate surface area is 120 Å². The molecule has 2 rings (SSSR count). The standard InChI is InChI=1S/C15H23N3O2/c1-3-7-16-15(20)12-4-5-14(17-9-12)18-8-6-11(2)13(19)10-18/h4-5,9,11,13,19H,3,6-8,10H2,1-2H3,(H,16,20). The molecule has 1 saturated heterocycles. The van der Waals surface area contributed by atoms with Crippen molar-refractivity contribution in [2.75, 3.05) is 24.5 Å². The summed E-state index contributed by atoms with van der Waals surface area (Å²) in [5.74, 6) is 1.08. The lowest BCUT2D eigenvalue weighted by molar-refractivity contribution is 0.0952. The summed E-state index contributed by atoms with van der Waals surface area (Å²) in [6, 6.07) is 3.64. The first kappa shape index (κ1) is 14.8. The van der Waals surface area contributed by atoms with Gasteiger partial charge in [0.1, 0.15) is 5.82 Å². The second-order valence-corrected chi connectivity index (χ2v) is 5.44. The van der Waals surface area contributed by atoms with Crippen molar-refractivity contribution >= 4 is 11.7 Å². The molecule has 1 aliphatic heterocycles. The van der Waals surface area contributed by atoms with Crippen LogP contribution in [0.1, 0.15) is 37.0 Å². The van der Waals surface area contributed by atoms with Crippen LogP contribution in [0.3, 0.4) is 0 Å². The zero-order valence-electron chi connectivity index (χ0n) is 12.2. The van der Waals surface area contributed by atoms with E-state index in [9.17, 15) is 9.90 Å². The fourth-order valence-electron chi connectivity index (χ4n) is 2.30. The number of anilines is 1. The molecule has 2 N–H and O–H groups in total. The number of aromatic nitrogens is 1. The summed E-state index contributed by atoms with van der Waals surface area (Å²) in [6.45, 7) is 6.26. The largest absolute Gasteiger partial charge is 0.391 e. The van der Waals surface area contributed by atoms with Crippen LogP contribution in [0.15, 0.2) is 18.3 Å². The van der Waals surface area contributed by atoms with E-state index in [0.29, 0.717) is 24.6 Å². The number of nitrogens with zero attached hydrogens (tertiary/aromatic N) is 2. The molecule has 2 heterocycles. The minimum atomic E-state index is -0.307. The van der Waals surface area contributed by atoms with E-state index in [4.69, 9.17) is 0 Å². The van der Waals surface area contributed by atoms with Crippen molar-refractivity contribution in [2.24, 2.45) is 5.92 Å².